The van der Waals surface area contributed by atoms with Crippen molar-refractivity contribution in [2.24, 2.45) is 0 Å². The summed E-state index contributed by atoms with van der Waals surface area (Å²) in [5.74, 6) is 0.0631. The van der Waals surface area contributed by atoms with E-state index in [1.807, 2.05) is 7.05 Å². The molecule has 0 spiro atoms. The first-order valence-corrected chi connectivity index (χ1v) is 9.13. The highest BCUT2D eigenvalue weighted by Crippen LogP contribution is 2.22. The minimum atomic E-state index is -0.599. The highest BCUT2D eigenvalue weighted by Gasteiger charge is 2.37. The maximum atomic E-state index is 12.8. The maximum absolute atomic E-state index is 12.8. The lowest BCUT2D eigenvalue weighted by molar-refractivity contribution is -0.384. The lowest BCUT2D eigenvalue weighted by Gasteiger charge is -2.30. The highest BCUT2D eigenvalue weighted by molar-refractivity contribution is 5.83. The molecule has 2 heterocycles. The van der Waals surface area contributed by atoms with Gasteiger partial charge in [0.1, 0.15) is 12.8 Å². The zero-order valence-corrected chi connectivity index (χ0v) is 15.3. The normalized spacial score (nSPS) is 22.6. The molecule has 1 aromatic rings. The van der Waals surface area contributed by atoms with Crippen molar-refractivity contribution in [2.45, 2.75) is 44.5 Å². The predicted molar refractivity (Wildman–Crippen MR) is 96.8 cm³/mol. The van der Waals surface area contributed by atoms with E-state index in [1.54, 1.807) is 17.0 Å². The van der Waals surface area contributed by atoms with Crippen molar-refractivity contribution in [3.8, 4) is 0 Å². The zero-order chi connectivity index (χ0) is 19.4. The molecule has 27 heavy (non-hydrogen) atoms. The molecule has 3 rings (SSSR count). The standard InChI is InChI=1S/C18H24N4O5/c1-20-10-2-4-15(20)17(23)21-11-3-5-16(21)19-18(24)27-12-13-6-8-14(9-7-13)22(25)26/h6-9,15-16H,2-5,10-12H2,1H3,(H,19,24). The molecule has 9 heteroatoms. The van der Waals surface area contributed by atoms with Crippen LogP contribution in [0.15, 0.2) is 24.3 Å². The number of likely N-dealkylation sites (tertiary alicyclic amines) is 2. The summed E-state index contributed by atoms with van der Waals surface area (Å²) >= 11 is 0. The minimum absolute atomic E-state index is 0.00978. The number of nitro benzene ring substituents is 1. The highest BCUT2D eigenvalue weighted by atomic mass is 16.6. The number of ether oxygens (including phenoxy) is 1. The van der Waals surface area contributed by atoms with Crippen LogP contribution in [-0.4, -0.2) is 59.1 Å². The lowest BCUT2D eigenvalue weighted by atomic mass is 10.2. The molecular formula is C18H24N4O5. The van der Waals surface area contributed by atoms with Crippen LogP contribution in [0, 0.1) is 10.1 Å². The van der Waals surface area contributed by atoms with Gasteiger partial charge < -0.3 is 15.0 Å². The first-order valence-electron chi connectivity index (χ1n) is 9.13. The fourth-order valence-corrected chi connectivity index (χ4v) is 3.63. The molecule has 2 saturated heterocycles. The summed E-state index contributed by atoms with van der Waals surface area (Å²) in [6.45, 7) is 1.56. The van der Waals surface area contributed by atoms with Gasteiger partial charge in [-0.3, -0.25) is 19.8 Å². The first kappa shape index (κ1) is 19.1. The average Bonchev–Trinajstić information content (AvgIpc) is 3.28. The third-order valence-electron chi connectivity index (χ3n) is 5.14. The Balaban J connectivity index is 1.50. The van der Waals surface area contributed by atoms with Gasteiger partial charge in [0.05, 0.1) is 11.0 Å². The number of benzene rings is 1. The number of amides is 2. The van der Waals surface area contributed by atoms with Crippen molar-refractivity contribution in [1.82, 2.24) is 15.1 Å². The number of alkyl carbamates (subject to hydrolysis) is 1. The smallest absolute Gasteiger partial charge is 0.409 e. The van der Waals surface area contributed by atoms with Crippen molar-refractivity contribution < 1.29 is 19.2 Å². The number of hydrogen-bond donors (Lipinski definition) is 1. The van der Waals surface area contributed by atoms with Gasteiger partial charge >= 0.3 is 6.09 Å². The monoisotopic (exact) mass is 376 g/mol. The van der Waals surface area contributed by atoms with E-state index in [1.165, 1.54) is 12.1 Å². The second-order valence-corrected chi connectivity index (χ2v) is 6.97. The molecular weight excluding hydrogens is 352 g/mol. The van der Waals surface area contributed by atoms with Gasteiger partial charge in [0, 0.05) is 18.7 Å². The van der Waals surface area contributed by atoms with Crippen LogP contribution in [0.1, 0.15) is 31.2 Å². The van der Waals surface area contributed by atoms with E-state index in [0.29, 0.717) is 18.5 Å². The SMILES string of the molecule is CN1CCCC1C(=O)N1CCCC1NC(=O)OCc1ccc([N+](=O)[O-])cc1. The summed E-state index contributed by atoms with van der Waals surface area (Å²) < 4.78 is 5.20. The molecule has 2 fully saturated rings. The van der Waals surface area contributed by atoms with Gasteiger partial charge in [0.25, 0.3) is 5.69 Å². The minimum Gasteiger partial charge on any atom is -0.445 e. The van der Waals surface area contributed by atoms with Crippen LogP contribution >= 0.6 is 0 Å². The van der Waals surface area contributed by atoms with Crippen molar-refractivity contribution in [2.75, 3.05) is 20.1 Å². The van der Waals surface area contributed by atoms with Crippen molar-refractivity contribution in [3.05, 3.63) is 39.9 Å². The Kier molecular flexibility index (Phi) is 5.90. The molecule has 0 aliphatic carbocycles. The number of non-ortho nitro benzene ring substituents is 1. The second kappa shape index (κ2) is 8.34. The number of nitrogens with one attached hydrogen (secondary N) is 1. The molecule has 0 radical (unpaired) electrons. The van der Waals surface area contributed by atoms with Crippen molar-refractivity contribution >= 4 is 17.7 Å². The Morgan fingerprint density at radius 2 is 1.93 bits per heavy atom. The fraction of sp³-hybridized carbons (Fsp3) is 0.556. The Labute approximate surface area is 157 Å². The molecule has 9 nitrogen and oxygen atoms in total. The molecule has 1 N–H and O–H groups in total. The number of nitro groups is 1. The molecule has 0 aromatic heterocycles. The van der Waals surface area contributed by atoms with Crippen LogP contribution in [0.5, 0.6) is 0 Å². The first-order chi connectivity index (χ1) is 13.0. The summed E-state index contributed by atoms with van der Waals surface area (Å²) in [5.41, 5.74) is 0.642. The summed E-state index contributed by atoms with van der Waals surface area (Å²) in [4.78, 5) is 38.8. The second-order valence-electron chi connectivity index (χ2n) is 6.97. The van der Waals surface area contributed by atoms with Crippen LogP contribution in [-0.2, 0) is 16.1 Å². The zero-order valence-electron chi connectivity index (χ0n) is 15.3. The van der Waals surface area contributed by atoms with Crippen molar-refractivity contribution in [3.63, 3.8) is 0 Å². The fourth-order valence-electron chi connectivity index (χ4n) is 3.63. The van der Waals surface area contributed by atoms with Crippen molar-refractivity contribution in [1.29, 1.82) is 0 Å². The van der Waals surface area contributed by atoms with Crippen LogP contribution in [0.4, 0.5) is 10.5 Å². The van der Waals surface area contributed by atoms with Crippen LogP contribution in [0.2, 0.25) is 0 Å². The Bertz CT molecular complexity index is 708. The number of likely N-dealkylation sites (N-methyl/N-ethyl adjacent to an activating group) is 1. The summed E-state index contributed by atoms with van der Waals surface area (Å²) in [5, 5.41) is 13.4. The summed E-state index contributed by atoms with van der Waals surface area (Å²) in [6.07, 6.45) is 2.46. The van der Waals surface area contributed by atoms with Gasteiger partial charge in [0.2, 0.25) is 5.91 Å². The number of nitrogens with zero attached hydrogens (tertiary/aromatic N) is 3. The molecule has 0 bridgehead atoms. The summed E-state index contributed by atoms with van der Waals surface area (Å²) in [7, 11) is 1.95. The molecule has 2 atom stereocenters. The number of carbonyl (C=O) groups is 2. The molecule has 2 unspecified atom stereocenters. The van der Waals surface area contributed by atoms with Gasteiger partial charge in [-0.15, -0.1) is 0 Å². The quantitative estimate of drug-likeness (QED) is 0.621. The predicted octanol–water partition coefficient (Wildman–Crippen LogP) is 1.86. The van der Waals surface area contributed by atoms with Gasteiger partial charge in [0.15, 0.2) is 0 Å². The van der Waals surface area contributed by atoms with Crippen LogP contribution in [0.25, 0.3) is 0 Å². The molecule has 1 aromatic carbocycles. The van der Waals surface area contributed by atoms with E-state index < -0.39 is 11.0 Å². The van der Waals surface area contributed by atoms with Gasteiger partial charge in [-0.1, -0.05) is 0 Å². The van der Waals surface area contributed by atoms with Crippen LogP contribution < -0.4 is 5.32 Å². The van der Waals surface area contributed by atoms with E-state index in [9.17, 15) is 19.7 Å². The van der Waals surface area contributed by atoms with E-state index in [2.05, 4.69) is 10.2 Å². The van der Waals surface area contributed by atoms with E-state index in [0.717, 1.165) is 25.8 Å². The average molecular weight is 376 g/mol. The number of rotatable bonds is 5. The summed E-state index contributed by atoms with van der Waals surface area (Å²) in [6, 6.07) is 5.72. The van der Waals surface area contributed by atoms with Gasteiger partial charge in [-0.05, 0) is 57.0 Å². The maximum Gasteiger partial charge on any atom is 0.409 e. The van der Waals surface area contributed by atoms with Gasteiger partial charge in [-0.25, -0.2) is 4.79 Å². The number of hydrogen-bond acceptors (Lipinski definition) is 6. The molecule has 0 saturated carbocycles. The molecule has 146 valence electrons. The topological polar surface area (TPSA) is 105 Å². The Morgan fingerprint density at radius 3 is 2.56 bits per heavy atom. The van der Waals surface area contributed by atoms with E-state index in [4.69, 9.17) is 4.74 Å². The third kappa shape index (κ3) is 4.54. The largest absolute Gasteiger partial charge is 0.445 e. The third-order valence-corrected chi connectivity index (χ3v) is 5.14. The lowest BCUT2D eigenvalue weighted by Crippen LogP contribution is -2.52. The van der Waals surface area contributed by atoms with E-state index >= 15 is 0 Å². The molecule has 2 amide bonds. The molecule has 2 aliphatic rings. The van der Waals surface area contributed by atoms with Crippen LogP contribution in [0.3, 0.4) is 0 Å². The van der Waals surface area contributed by atoms with E-state index in [-0.39, 0.29) is 30.4 Å². The Morgan fingerprint density at radius 1 is 1.22 bits per heavy atom. The van der Waals surface area contributed by atoms with Gasteiger partial charge in [-0.2, -0.15) is 0 Å². The number of carbonyl (C=O) groups excluding carboxylic acids is 2. The Hall–Kier alpha value is -2.68. The molecule has 2 aliphatic heterocycles.